The number of rotatable bonds is 9. The molecule has 0 spiro atoms. The van der Waals surface area contributed by atoms with Crippen molar-refractivity contribution in [2.24, 2.45) is 0 Å². The molecule has 7 atom stereocenters. The SMILES string of the molecule is COc1ccc(C(=O)OC[C@@H]2O[C@H](OC[C@](C)(O)[C@H](O)CO)[C@H](O)[C@@H](O)[C@@H]2O)cc1. The van der Waals surface area contributed by atoms with E-state index in [1.165, 1.54) is 26.2 Å². The third-order valence-corrected chi connectivity index (χ3v) is 4.80. The van der Waals surface area contributed by atoms with Gasteiger partial charge in [-0.15, -0.1) is 0 Å². The average Bonchev–Trinajstić information content (AvgIpc) is 2.75. The number of aliphatic hydroxyl groups excluding tert-OH is 5. The van der Waals surface area contributed by atoms with Gasteiger partial charge in [-0.3, -0.25) is 0 Å². The largest absolute Gasteiger partial charge is 0.497 e. The molecule has 0 amide bonds. The van der Waals surface area contributed by atoms with E-state index in [4.69, 9.17) is 24.1 Å². The number of hydrogen-bond donors (Lipinski definition) is 6. The van der Waals surface area contributed by atoms with Crippen LogP contribution >= 0.6 is 0 Å². The third-order valence-electron chi connectivity index (χ3n) is 4.80. The molecule has 170 valence electrons. The van der Waals surface area contributed by atoms with Gasteiger partial charge in [0.1, 0.15) is 48.5 Å². The second-order valence-electron chi connectivity index (χ2n) is 7.21. The second kappa shape index (κ2) is 10.5. The van der Waals surface area contributed by atoms with E-state index in [9.17, 15) is 30.3 Å². The number of methoxy groups -OCH3 is 1. The van der Waals surface area contributed by atoms with E-state index in [1.54, 1.807) is 12.1 Å². The molecular formula is C19H28O11. The first-order valence-electron chi connectivity index (χ1n) is 9.24. The molecule has 0 aliphatic carbocycles. The summed E-state index contributed by atoms with van der Waals surface area (Å²) in [5, 5.41) is 58.8. The van der Waals surface area contributed by atoms with Crippen LogP contribution in [0.4, 0.5) is 0 Å². The molecule has 6 N–H and O–H groups in total. The first-order valence-corrected chi connectivity index (χ1v) is 9.24. The zero-order valence-electron chi connectivity index (χ0n) is 16.6. The quantitative estimate of drug-likeness (QED) is 0.233. The Kier molecular flexibility index (Phi) is 8.52. The van der Waals surface area contributed by atoms with Crippen LogP contribution in [0.2, 0.25) is 0 Å². The van der Waals surface area contributed by atoms with Crippen LogP contribution < -0.4 is 4.74 Å². The Hall–Kier alpha value is -1.83. The molecule has 30 heavy (non-hydrogen) atoms. The van der Waals surface area contributed by atoms with E-state index in [-0.39, 0.29) is 5.56 Å². The minimum Gasteiger partial charge on any atom is -0.497 e. The summed E-state index contributed by atoms with van der Waals surface area (Å²) in [4.78, 5) is 12.2. The lowest BCUT2D eigenvalue weighted by Crippen LogP contribution is -2.60. The van der Waals surface area contributed by atoms with Gasteiger partial charge in [-0.05, 0) is 31.2 Å². The molecule has 1 aliphatic rings. The van der Waals surface area contributed by atoms with Gasteiger partial charge in [0.05, 0.1) is 25.9 Å². The van der Waals surface area contributed by atoms with E-state index in [0.29, 0.717) is 5.75 Å². The number of carbonyl (C=O) groups is 1. The van der Waals surface area contributed by atoms with E-state index >= 15 is 0 Å². The summed E-state index contributed by atoms with van der Waals surface area (Å²) in [5.74, 6) is -0.155. The third kappa shape index (κ3) is 5.86. The van der Waals surface area contributed by atoms with Crippen LogP contribution in [-0.4, -0.2) is 106 Å². The van der Waals surface area contributed by atoms with E-state index in [0.717, 1.165) is 0 Å². The van der Waals surface area contributed by atoms with Crippen molar-refractivity contribution in [1.82, 2.24) is 0 Å². The fourth-order valence-electron chi connectivity index (χ4n) is 2.70. The van der Waals surface area contributed by atoms with E-state index in [2.05, 4.69) is 0 Å². The molecule has 0 unspecified atom stereocenters. The average molecular weight is 432 g/mol. The summed E-state index contributed by atoms with van der Waals surface area (Å²) < 4.78 is 20.7. The van der Waals surface area contributed by atoms with E-state index in [1.807, 2.05) is 0 Å². The van der Waals surface area contributed by atoms with Crippen LogP contribution in [0.15, 0.2) is 24.3 Å². The zero-order valence-corrected chi connectivity index (χ0v) is 16.6. The molecule has 0 bridgehead atoms. The van der Waals surface area contributed by atoms with Gasteiger partial charge in [0, 0.05) is 0 Å². The minimum atomic E-state index is -1.87. The van der Waals surface area contributed by atoms with Gasteiger partial charge in [0.25, 0.3) is 0 Å². The number of hydrogen-bond acceptors (Lipinski definition) is 11. The lowest BCUT2D eigenvalue weighted by Gasteiger charge is -2.41. The lowest BCUT2D eigenvalue weighted by atomic mass is 9.98. The maximum absolute atomic E-state index is 12.2. The summed E-state index contributed by atoms with van der Waals surface area (Å²) >= 11 is 0. The standard InChI is InChI=1S/C19H28O11/c1-19(26,13(21)7-20)9-29-18-16(24)15(23)14(22)12(30-18)8-28-17(25)10-3-5-11(27-2)6-4-10/h3-6,12-16,18,20-24,26H,7-9H2,1-2H3/t12-,13+,14+,15-,16+,18-,19-/m0/s1. The molecule has 11 heteroatoms. The molecule has 1 saturated heterocycles. The number of esters is 1. The smallest absolute Gasteiger partial charge is 0.338 e. The number of aliphatic hydroxyl groups is 6. The maximum atomic E-state index is 12.2. The Morgan fingerprint density at radius 1 is 1.17 bits per heavy atom. The molecule has 1 heterocycles. The Bertz CT molecular complexity index is 678. The summed E-state index contributed by atoms with van der Waals surface area (Å²) in [6.45, 7) is -0.541. The first-order chi connectivity index (χ1) is 14.1. The monoisotopic (exact) mass is 432 g/mol. The summed E-state index contributed by atoms with van der Waals surface area (Å²) in [6, 6.07) is 6.11. The van der Waals surface area contributed by atoms with Crippen molar-refractivity contribution in [3.8, 4) is 5.75 Å². The Morgan fingerprint density at radius 3 is 2.37 bits per heavy atom. The molecular weight excluding hydrogens is 404 g/mol. The highest BCUT2D eigenvalue weighted by Crippen LogP contribution is 2.24. The number of carbonyl (C=O) groups excluding carboxylic acids is 1. The van der Waals surface area contributed by atoms with Crippen LogP contribution in [0.5, 0.6) is 5.75 Å². The van der Waals surface area contributed by atoms with Crippen molar-refractivity contribution in [1.29, 1.82) is 0 Å². The van der Waals surface area contributed by atoms with Crippen molar-refractivity contribution in [2.45, 2.75) is 49.3 Å². The van der Waals surface area contributed by atoms with E-state index < -0.39 is 68.2 Å². The lowest BCUT2D eigenvalue weighted by molar-refractivity contribution is -0.310. The first kappa shape index (κ1) is 24.4. The van der Waals surface area contributed by atoms with Crippen molar-refractivity contribution >= 4 is 5.97 Å². The Labute approximate surface area is 173 Å². The zero-order chi connectivity index (χ0) is 22.5. The molecule has 0 aromatic heterocycles. The number of ether oxygens (including phenoxy) is 4. The highest BCUT2D eigenvalue weighted by molar-refractivity contribution is 5.89. The predicted molar refractivity (Wildman–Crippen MR) is 99.6 cm³/mol. The summed E-state index contributed by atoms with van der Waals surface area (Å²) in [7, 11) is 1.48. The summed E-state index contributed by atoms with van der Waals surface area (Å²) in [5.41, 5.74) is -1.64. The fraction of sp³-hybridized carbons (Fsp3) is 0.632. The Balaban J connectivity index is 1.97. The molecule has 1 aromatic rings. The molecule has 1 fully saturated rings. The predicted octanol–water partition coefficient (Wildman–Crippen LogP) is -2.22. The van der Waals surface area contributed by atoms with Crippen LogP contribution in [0.1, 0.15) is 17.3 Å². The highest BCUT2D eigenvalue weighted by Gasteiger charge is 2.45. The van der Waals surface area contributed by atoms with Gasteiger partial charge in [0.2, 0.25) is 0 Å². The number of benzene rings is 1. The van der Waals surface area contributed by atoms with Gasteiger partial charge in [-0.25, -0.2) is 4.79 Å². The molecule has 2 rings (SSSR count). The second-order valence-corrected chi connectivity index (χ2v) is 7.21. The molecule has 1 aromatic carbocycles. The van der Waals surface area contributed by atoms with Crippen LogP contribution in [-0.2, 0) is 14.2 Å². The minimum absolute atomic E-state index is 0.225. The van der Waals surface area contributed by atoms with Crippen molar-refractivity contribution < 1.29 is 54.4 Å². The van der Waals surface area contributed by atoms with Gasteiger partial charge in [-0.1, -0.05) is 0 Å². The van der Waals surface area contributed by atoms with Crippen LogP contribution in [0.25, 0.3) is 0 Å². The highest BCUT2D eigenvalue weighted by atomic mass is 16.7. The van der Waals surface area contributed by atoms with Gasteiger partial charge < -0.3 is 49.6 Å². The van der Waals surface area contributed by atoms with Gasteiger partial charge >= 0.3 is 5.97 Å². The Morgan fingerprint density at radius 2 is 1.80 bits per heavy atom. The van der Waals surface area contributed by atoms with Crippen molar-refractivity contribution in [3.63, 3.8) is 0 Å². The molecule has 11 nitrogen and oxygen atoms in total. The normalized spacial score (nSPS) is 29.7. The topological polar surface area (TPSA) is 175 Å². The molecule has 0 radical (unpaired) electrons. The van der Waals surface area contributed by atoms with Crippen LogP contribution in [0.3, 0.4) is 0 Å². The van der Waals surface area contributed by atoms with Crippen LogP contribution in [0, 0.1) is 0 Å². The fourth-order valence-corrected chi connectivity index (χ4v) is 2.70. The van der Waals surface area contributed by atoms with Gasteiger partial charge in [0.15, 0.2) is 6.29 Å². The van der Waals surface area contributed by atoms with Crippen molar-refractivity contribution in [2.75, 3.05) is 26.9 Å². The summed E-state index contributed by atoms with van der Waals surface area (Å²) in [6.07, 6.45) is -9.17. The maximum Gasteiger partial charge on any atom is 0.338 e. The molecule has 1 aliphatic heterocycles. The van der Waals surface area contributed by atoms with Crippen molar-refractivity contribution in [3.05, 3.63) is 29.8 Å². The molecule has 0 saturated carbocycles. The van der Waals surface area contributed by atoms with Gasteiger partial charge in [-0.2, -0.15) is 0 Å².